The van der Waals surface area contributed by atoms with Crippen molar-refractivity contribution in [2.75, 3.05) is 18.5 Å². The molecule has 0 amide bonds. The van der Waals surface area contributed by atoms with Gasteiger partial charge in [0.1, 0.15) is 18.0 Å². The third-order valence-electron chi connectivity index (χ3n) is 3.53. The highest BCUT2D eigenvalue weighted by Gasteiger charge is 2.19. The fourth-order valence-corrected chi connectivity index (χ4v) is 2.52. The van der Waals surface area contributed by atoms with Gasteiger partial charge in [0.15, 0.2) is 0 Å². The number of hydrogen-bond acceptors (Lipinski definition) is 4. The van der Waals surface area contributed by atoms with Gasteiger partial charge < -0.3 is 10.1 Å². The molecule has 1 fully saturated rings. The summed E-state index contributed by atoms with van der Waals surface area (Å²) in [6.45, 7) is 1.79. The first-order valence-corrected chi connectivity index (χ1v) is 7.18. The van der Waals surface area contributed by atoms with E-state index in [-0.39, 0.29) is 5.02 Å². The number of anilines is 1. The molecule has 110 valence electrons. The van der Waals surface area contributed by atoms with E-state index in [4.69, 9.17) is 16.3 Å². The zero-order chi connectivity index (χ0) is 14.7. The Morgan fingerprint density at radius 2 is 2.29 bits per heavy atom. The Hall–Kier alpha value is -1.72. The standard InChI is InChI=1S/C15H15ClFN3O/c16-12-3-1-2-10(15(12)17)7-18-14-6-13(19-9-20-14)11-4-5-21-8-11/h1-3,6,9,11H,4-5,7-8H2,(H,18,19,20)/t11-/m0/s1. The smallest absolute Gasteiger partial charge is 0.146 e. The lowest BCUT2D eigenvalue weighted by Gasteiger charge is -2.10. The minimum absolute atomic E-state index is 0.126. The Kier molecular flexibility index (Phi) is 4.31. The van der Waals surface area contributed by atoms with Crippen molar-refractivity contribution in [2.45, 2.75) is 18.9 Å². The van der Waals surface area contributed by atoms with Crippen LogP contribution in [0.25, 0.3) is 0 Å². The third kappa shape index (κ3) is 3.31. The van der Waals surface area contributed by atoms with E-state index in [1.54, 1.807) is 12.1 Å². The maximum Gasteiger partial charge on any atom is 0.146 e. The maximum absolute atomic E-state index is 13.8. The number of nitrogens with zero attached hydrogens (tertiary/aromatic N) is 2. The lowest BCUT2D eigenvalue weighted by molar-refractivity contribution is 0.193. The summed E-state index contributed by atoms with van der Waals surface area (Å²) < 4.78 is 19.2. The Morgan fingerprint density at radius 1 is 1.38 bits per heavy atom. The van der Waals surface area contributed by atoms with E-state index in [1.807, 2.05) is 6.07 Å². The monoisotopic (exact) mass is 307 g/mol. The number of benzene rings is 1. The van der Waals surface area contributed by atoms with Crippen molar-refractivity contribution in [3.05, 3.63) is 52.7 Å². The summed E-state index contributed by atoms with van der Waals surface area (Å²) in [5, 5.41) is 3.23. The van der Waals surface area contributed by atoms with Gasteiger partial charge in [0.2, 0.25) is 0 Å². The van der Waals surface area contributed by atoms with E-state index >= 15 is 0 Å². The number of rotatable bonds is 4. The molecule has 1 aliphatic rings. The van der Waals surface area contributed by atoms with Gasteiger partial charge in [-0.25, -0.2) is 14.4 Å². The first kappa shape index (κ1) is 14.2. The molecule has 0 aliphatic carbocycles. The van der Waals surface area contributed by atoms with Crippen LogP contribution >= 0.6 is 11.6 Å². The molecule has 21 heavy (non-hydrogen) atoms. The van der Waals surface area contributed by atoms with Gasteiger partial charge in [-0.05, 0) is 12.5 Å². The molecule has 3 rings (SSSR count). The van der Waals surface area contributed by atoms with Crippen LogP contribution in [0, 0.1) is 5.82 Å². The Labute approximate surface area is 127 Å². The second kappa shape index (κ2) is 6.37. The fraction of sp³-hybridized carbons (Fsp3) is 0.333. The van der Waals surface area contributed by atoms with Crippen molar-refractivity contribution in [3.8, 4) is 0 Å². The topological polar surface area (TPSA) is 47.0 Å². The molecule has 2 aromatic rings. The van der Waals surface area contributed by atoms with Crippen molar-refractivity contribution in [1.82, 2.24) is 9.97 Å². The number of ether oxygens (including phenoxy) is 1. The van der Waals surface area contributed by atoms with Gasteiger partial charge in [0, 0.05) is 30.7 Å². The Balaban J connectivity index is 1.70. The largest absolute Gasteiger partial charge is 0.381 e. The zero-order valence-electron chi connectivity index (χ0n) is 11.4. The summed E-state index contributed by atoms with van der Waals surface area (Å²) in [5.41, 5.74) is 1.46. The number of hydrogen-bond donors (Lipinski definition) is 1. The predicted octanol–water partition coefficient (Wildman–Crippen LogP) is 3.39. The van der Waals surface area contributed by atoms with Crippen LogP contribution in [0.1, 0.15) is 23.6 Å². The molecule has 6 heteroatoms. The normalized spacial score (nSPS) is 17.9. The van der Waals surface area contributed by atoms with Crippen LogP contribution in [0.5, 0.6) is 0 Å². The molecule has 1 saturated heterocycles. The van der Waals surface area contributed by atoms with Crippen LogP contribution < -0.4 is 5.32 Å². The highest BCUT2D eigenvalue weighted by atomic mass is 35.5. The van der Waals surface area contributed by atoms with Gasteiger partial charge in [-0.1, -0.05) is 23.7 Å². The van der Waals surface area contributed by atoms with Crippen molar-refractivity contribution in [2.24, 2.45) is 0 Å². The Bertz CT molecular complexity index is 632. The summed E-state index contributed by atoms with van der Waals surface area (Å²) in [6, 6.07) is 6.84. The van der Waals surface area contributed by atoms with Crippen LogP contribution in [-0.4, -0.2) is 23.2 Å². The molecule has 0 radical (unpaired) electrons. The lowest BCUT2D eigenvalue weighted by Crippen LogP contribution is -2.07. The van der Waals surface area contributed by atoms with E-state index in [9.17, 15) is 4.39 Å². The minimum Gasteiger partial charge on any atom is -0.381 e. The first-order valence-electron chi connectivity index (χ1n) is 6.80. The van der Waals surface area contributed by atoms with Crippen LogP contribution in [-0.2, 0) is 11.3 Å². The van der Waals surface area contributed by atoms with Crippen LogP contribution in [0.2, 0.25) is 5.02 Å². The van der Waals surface area contributed by atoms with E-state index < -0.39 is 5.82 Å². The molecule has 4 nitrogen and oxygen atoms in total. The molecule has 2 heterocycles. The summed E-state index contributed by atoms with van der Waals surface area (Å²) in [5.74, 6) is 0.591. The van der Waals surface area contributed by atoms with Crippen molar-refractivity contribution in [1.29, 1.82) is 0 Å². The summed E-state index contributed by atoms with van der Waals surface area (Å²) >= 11 is 5.76. The summed E-state index contributed by atoms with van der Waals surface area (Å²) in [7, 11) is 0. The van der Waals surface area contributed by atoms with Gasteiger partial charge in [0.05, 0.1) is 17.3 Å². The van der Waals surface area contributed by atoms with E-state index in [1.165, 1.54) is 12.4 Å². The second-order valence-corrected chi connectivity index (χ2v) is 5.36. The molecule has 1 N–H and O–H groups in total. The molecular formula is C15H15ClFN3O. The van der Waals surface area contributed by atoms with Gasteiger partial charge >= 0.3 is 0 Å². The molecule has 0 saturated carbocycles. The molecule has 1 atom stereocenters. The number of aromatic nitrogens is 2. The molecule has 1 aromatic heterocycles. The predicted molar refractivity (Wildman–Crippen MR) is 78.9 cm³/mol. The molecule has 1 aliphatic heterocycles. The fourth-order valence-electron chi connectivity index (χ4n) is 2.33. The van der Waals surface area contributed by atoms with Crippen LogP contribution in [0.15, 0.2) is 30.6 Å². The lowest BCUT2D eigenvalue weighted by atomic mass is 10.1. The van der Waals surface area contributed by atoms with Crippen molar-refractivity contribution >= 4 is 17.4 Å². The second-order valence-electron chi connectivity index (χ2n) is 4.96. The molecule has 0 unspecified atom stereocenters. The maximum atomic E-state index is 13.8. The molecule has 0 spiro atoms. The van der Waals surface area contributed by atoms with Gasteiger partial charge in [0.25, 0.3) is 0 Å². The van der Waals surface area contributed by atoms with Crippen molar-refractivity contribution < 1.29 is 9.13 Å². The van der Waals surface area contributed by atoms with Gasteiger partial charge in [-0.2, -0.15) is 0 Å². The average molecular weight is 308 g/mol. The van der Waals surface area contributed by atoms with E-state index in [0.717, 1.165) is 18.7 Å². The van der Waals surface area contributed by atoms with Crippen molar-refractivity contribution in [3.63, 3.8) is 0 Å². The molecule has 1 aromatic carbocycles. The number of halogens is 2. The van der Waals surface area contributed by atoms with Gasteiger partial charge in [-0.3, -0.25) is 0 Å². The first-order chi connectivity index (χ1) is 10.2. The zero-order valence-corrected chi connectivity index (χ0v) is 12.1. The highest BCUT2D eigenvalue weighted by molar-refractivity contribution is 6.30. The van der Waals surface area contributed by atoms with Crippen LogP contribution in [0.3, 0.4) is 0 Å². The quantitative estimate of drug-likeness (QED) is 0.940. The SMILES string of the molecule is Fc1c(Cl)cccc1CNc1cc([C@H]2CCOC2)ncn1. The summed E-state index contributed by atoms with van der Waals surface area (Å²) in [6.07, 6.45) is 2.49. The molecular weight excluding hydrogens is 293 g/mol. The highest BCUT2D eigenvalue weighted by Crippen LogP contribution is 2.24. The minimum atomic E-state index is -0.398. The van der Waals surface area contributed by atoms with E-state index in [2.05, 4.69) is 15.3 Å². The molecule has 0 bridgehead atoms. The third-order valence-corrected chi connectivity index (χ3v) is 3.82. The van der Waals surface area contributed by atoms with Gasteiger partial charge in [-0.15, -0.1) is 0 Å². The van der Waals surface area contributed by atoms with E-state index in [0.29, 0.717) is 30.5 Å². The Morgan fingerprint density at radius 3 is 3.10 bits per heavy atom. The summed E-state index contributed by atoms with van der Waals surface area (Å²) in [4.78, 5) is 8.44. The number of nitrogens with one attached hydrogen (secondary N) is 1. The van der Waals surface area contributed by atoms with Crippen LogP contribution in [0.4, 0.5) is 10.2 Å². The average Bonchev–Trinajstić information content (AvgIpc) is 3.03.